The molecule has 1 atom stereocenters. The van der Waals surface area contributed by atoms with Gasteiger partial charge in [-0.3, -0.25) is 4.79 Å². The van der Waals surface area contributed by atoms with Crippen molar-refractivity contribution >= 4 is 17.5 Å². The number of ether oxygens (including phenoxy) is 2. The highest BCUT2D eigenvalue weighted by Gasteiger charge is 2.27. The number of methoxy groups -OCH3 is 2. The van der Waals surface area contributed by atoms with Crippen LogP contribution in [-0.2, 0) is 0 Å². The van der Waals surface area contributed by atoms with E-state index in [0.717, 1.165) is 25.8 Å². The van der Waals surface area contributed by atoms with E-state index in [-0.39, 0.29) is 11.9 Å². The molecule has 0 aromatic heterocycles. The number of benzene rings is 1. The van der Waals surface area contributed by atoms with Crippen LogP contribution in [0, 0.1) is 0 Å². The lowest BCUT2D eigenvalue weighted by Crippen LogP contribution is -2.44. The molecular weight excluding hydrogens is 278 g/mol. The van der Waals surface area contributed by atoms with Crippen molar-refractivity contribution in [1.29, 1.82) is 0 Å². The Hall–Kier alpha value is -1.42. The maximum absolute atomic E-state index is 12.7. The van der Waals surface area contributed by atoms with Crippen LogP contribution in [0.15, 0.2) is 18.2 Å². The molecule has 0 radical (unpaired) electrons. The molecule has 1 aromatic rings. The minimum Gasteiger partial charge on any atom is -0.497 e. The summed E-state index contributed by atoms with van der Waals surface area (Å²) >= 11 is 5.98. The Bertz CT molecular complexity index is 456. The predicted octanol–water partition coefficient (Wildman–Crippen LogP) is 2.94. The standard InChI is InChI=1S/C15H20ClNO3/c1-19-13-7-11(8-14(9-13)20-2)15(18)17-6-4-3-5-12(17)10-16/h7-9,12H,3-6,10H2,1-2H3. The number of nitrogens with zero attached hydrogens (tertiary/aromatic N) is 1. The third-order valence-corrected chi connectivity index (χ3v) is 4.02. The first-order valence-corrected chi connectivity index (χ1v) is 7.33. The Kier molecular flexibility index (Phi) is 5.12. The van der Waals surface area contributed by atoms with Crippen LogP contribution < -0.4 is 9.47 Å². The molecule has 0 N–H and O–H groups in total. The molecule has 1 aliphatic heterocycles. The molecule has 110 valence electrons. The fraction of sp³-hybridized carbons (Fsp3) is 0.533. The first-order chi connectivity index (χ1) is 9.69. The number of amides is 1. The first kappa shape index (κ1) is 15.0. The van der Waals surface area contributed by atoms with Gasteiger partial charge in [-0.15, -0.1) is 11.6 Å². The van der Waals surface area contributed by atoms with Crippen LogP contribution in [0.2, 0.25) is 0 Å². The Morgan fingerprint density at radius 3 is 2.45 bits per heavy atom. The second-order valence-corrected chi connectivity index (χ2v) is 5.21. The van der Waals surface area contributed by atoms with Crippen LogP contribution in [0.1, 0.15) is 29.6 Å². The van der Waals surface area contributed by atoms with Gasteiger partial charge < -0.3 is 14.4 Å². The van der Waals surface area contributed by atoms with Gasteiger partial charge in [0.2, 0.25) is 0 Å². The largest absolute Gasteiger partial charge is 0.497 e. The fourth-order valence-corrected chi connectivity index (χ4v) is 2.85. The number of halogens is 1. The molecule has 1 fully saturated rings. The molecule has 20 heavy (non-hydrogen) atoms. The van der Waals surface area contributed by atoms with E-state index < -0.39 is 0 Å². The molecule has 0 bridgehead atoms. The molecule has 1 unspecified atom stereocenters. The van der Waals surface area contributed by atoms with E-state index in [0.29, 0.717) is 22.9 Å². The number of likely N-dealkylation sites (tertiary alicyclic amines) is 1. The normalized spacial score (nSPS) is 18.8. The summed E-state index contributed by atoms with van der Waals surface area (Å²) in [5.74, 6) is 1.71. The van der Waals surface area contributed by atoms with Gasteiger partial charge in [-0.25, -0.2) is 0 Å². The average molecular weight is 298 g/mol. The predicted molar refractivity (Wildman–Crippen MR) is 78.9 cm³/mol. The van der Waals surface area contributed by atoms with Crippen molar-refractivity contribution in [1.82, 2.24) is 4.90 Å². The number of hydrogen-bond donors (Lipinski definition) is 0. The van der Waals surface area contributed by atoms with Crippen molar-refractivity contribution in [3.8, 4) is 11.5 Å². The Morgan fingerprint density at radius 1 is 1.25 bits per heavy atom. The van der Waals surface area contributed by atoms with Gasteiger partial charge in [0.15, 0.2) is 0 Å². The molecule has 1 saturated heterocycles. The van der Waals surface area contributed by atoms with Crippen LogP contribution in [0.5, 0.6) is 11.5 Å². The zero-order valence-corrected chi connectivity index (χ0v) is 12.7. The molecule has 1 amide bonds. The van der Waals surface area contributed by atoms with Gasteiger partial charge in [-0.05, 0) is 31.4 Å². The lowest BCUT2D eigenvalue weighted by molar-refractivity contribution is 0.0638. The lowest BCUT2D eigenvalue weighted by Gasteiger charge is -2.34. The first-order valence-electron chi connectivity index (χ1n) is 6.79. The Balaban J connectivity index is 2.27. The number of carbonyl (C=O) groups excluding carboxylic acids is 1. The molecule has 5 heteroatoms. The average Bonchev–Trinajstić information content (AvgIpc) is 2.53. The number of alkyl halides is 1. The molecule has 0 spiro atoms. The minimum atomic E-state index is -0.00690. The van der Waals surface area contributed by atoms with Crippen LogP contribution >= 0.6 is 11.6 Å². The van der Waals surface area contributed by atoms with E-state index in [1.807, 2.05) is 4.90 Å². The molecule has 1 heterocycles. The highest BCUT2D eigenvalue weighted by Crippen LogP contribution is 2.26. The smallest absolute Gasteiger partial charge is 0.254 e. The molecular formula is C15H20ClNO3. The van der Waals surface area contributed by atoms with Crippen LogP contribution in [0.25, 0.3) is 0 Å². The van der Waals surface area contributed by atoms with Crippen LogP contribution in [-0.4, -0.2) is 43.5 Å². The summed E-state index contributed by atoms with van der Waals surface area (Å²) in [6.45, 7) is 0.760. The summed E-state index contributed by atoms with van der Waals surface area (Å²) < 4.78 is 10.4. The highest BCUT2D eigenvalue weighted by molar-refractivity contribution is 6.18. The van der Waals surface area contributed by atoms with Gasteiger partial charge in [0.1, 0.15) is 11.5 Å². The summed E-state index contributed by atoms with van der Waals surface area (Å²) in [4.78, 5) is 14.5. The molecule has 0 aliphatic carbocycles. The quantitative estimate of drug-likeness (QED) is 0.802. The summed E-state index contributed by atoms with van der Waals surface area (Å²) in [6.07, 6.45) is 3.12. The van der Waals surface area contributed by atoms with Crippen molar-refractivity contribution in [2.75, 3.05) is 26.6 Å². The lowest BCUT2D eigenvalue weighted by atomic mass is 10.0. The van der Waals surface area contributed by atoms with Gasteiger partial charge in [0.05, 0.1) is 14.2 Å². The number of rotatable bonds is 4. The fourth-order valence-electron chi connectivity index (χ4n) is 2.53. The van der Waals surface area contributed by atoms with Crippen molar-refractivity contribution in [3.63, 3.8) is 0 Å². The van der Waals surface area contributed by atoms with Gasteiger partial charge in [-0.1, -0.05) is 0 Å². The summed E-state index contributed by atoms with van der Waals surface area (Å²) in [5.41, 5.74) is 0.582. The number of piperidine rings is 1. The van der Waals surface area contributed by atoms with Gasteiger partial charge in [0, 0.05) is 30.1 Å². The number of hydrogen-bond acceptors (Lipinski definition) is 3. The van der Waals surface area contributed by atoms with Crippen molar-refractivity contribution < 1.29 is 14.3 Å². The van der Waals surface area contributed by atoms with Crippen molar-refractivity contribution in [2.45, 2.75) is 25.3 Å². The second kappa shape index (κ2) is 6.84. The molecule has 2 rings (SSSR count). The Labute approximate surface area is 124 Å². The SMILES string of the molecule is COc1cc(OC)cc(C(=O)N2CCCCC2CCl)c1. The molecule has 1 aromatic carbocycles. The summed E-state index contributed by atoms with van der Waals surface area (Å²) in [7, 11) is 3.15. The highest BCUT2D eigenvalue weighted by atomic mass is 35.5. The Morgan fingerprint density at radius 2 is 1.90 bits per heavy atom. The van der Waals surface area contributed by atoms with E-state index in [4.69, 9.17) is 21.1 Å². The zero-order valence-electron chi connectivity index (χ0n) is 11.9. The molecule has 4 nitrogen and oxygen atoms in total. The summed E-state index contributed by atoms with van der Waals surface area (Å²) in [5, 5.41) is 0. The third kappa shape index (κ3) is 3.18. The summed E-state index contributed by atoms with van der Waals surface area (Å²) in [6, 6.07) is 5.36. The topological polar surface area (TPSA) is 38.8 Å². The van der Waals surface area contributed by atoms with Crippen molar-refractivity contribution in [3.05, 3.63) is 23.8 Å². The van der Waals surface area contributed by atoms with E-state index in [2.05, 4.69) is 0 Å². The van der Waals surface area contributed by atoms with Crippen molar-refractivity contribution in [2.24, 2.45) is 0 Å². The van der Waals surface area contributed by atoms with Gasteiger partial charge in [-0.2, -0.15) is 0 Å². The minimum absolute atomic E-state index is 0.00690. The maximum atomic E-state index is 12.7. The van der Waals surface area contributed by atoms with Gasteiger partial charge >= 0.3 is 0 Å². The second-order valence-electron chi connectivity index (χ2n) is 4.90. The van der Waals surface area contributed by atoms with E-state index in [9.17, 15) is 4.79 Å². The third-order valence-electron chi connectivity index (χ3n) is 3.66. The molecule has 1 aliphatic rings. The van der Waals surface area contributed by atoms with E-state index >= 15 is 0 Å². The maximum Gasteiger partial charge on any atom is 0.254 e. The monoisotopic (exact) mass is 297 g/mol. The molecule has 0 saturated carbocycles. The van der Waals surface area contributed by atoms with Gasteiger partial charge in [0.25, 0.3) is 5.91 Å². The van der Waals surface area contributed by atoms with Crippen LogP contribution in [0.4, 0.5) is 0 Å². The van der Waals surface area contributed by atoms with Crippen LogP contribution in [0.3, 0.4) is 0 Å². The van der Waals surface area contributed by atoms with E-state index in [1.54, 1.807) is 32.4 Å². The van der Waals surface area contributed by atoms with E-state index in [1.165, 1.54) is 0 Å². The zero-order chi connectivity index (χ0) is 14.5. The number of carbonyl (C=O) groups is 1.